The molecule has 0 saturated carbocycles. The summed E-state index contributed by atoms with van der Waals surface area (Å²) in [4.78, 5) is 4.82. The molecule has 0 aliphatic carbocycles. The standard InChI is InChI=1S/C11H24N2O/c1-10(2)13-6-4-11(5-7-13)12(3)8-9-14/h10-11,14H,4-9H2,1-3H3. The van der Waals surface area contributed by atoms with Crippen molar-refractivity contribution in [2.24, 2.45) is 0 Å². The normalized spacial score (nSPS) is 21.0. The van der Waals surface area contributed by atoms with Crippen LogP contribution in [0.2, 0.25) is 0 Å². The average Bonchev–Trinajstić information content (AvgIpc) is 2.18. The van der Waals surface area contributed by atoms with Crippen molar-refractivity contribution in [1.82, 2.24) is 9.80 Å². The lowest BCUT2D eigenvalue weighted by Gasteiger charge is -2.38. The molecule has 0 bridgehead atoms. The molecule has 1 heterocycles. The third kappa shape index (κ3) is 3.23. The lowest BCUT2D eigenvalue weighted by atomic mass is 10.0. The average molecular weight is 200 g/mol. The topological polar surface area (TPSA) is 26.7 Å². The minimum Gasteiger partial charge on any atom is -0.395 e. The fourth-order valence-corrected chi connectivity index (χ4v) is 2.18. The third-order valence-corrected chi connectivity index (χ3v) is 3.31. The Morgan fingerprint density at radius 3 is 2.36 bits per heavy atom. The van der Waals surface area contributed by atoms with Crippen LogP contribution >= 0.6 is 0 Å². The summed E-state index contributed by atoms with van der Waals surface area (Å²) >= 11 is 0. The monoisotopic (exact) mass is 200 g/mol. The molecule has 0 aromatic heterocycles. The van der Waals surface area contributed by atoms with Crippen molar-refractivity contribution in [3.8, 4) is 0 Å². The van der Waals surface area contributed by atoms with Gasteiger partial charge in [-0.15, -0.1) is 0 Å². The van der Waals surface area contributed by atoms with Gasteiger partial charge >= 0.3 is 0 Å². The summed E-state index contributed by atoms with van der Waals surface area (Å²) in [6.45, 7) is 8.03. The first kappa shape index (κ1) is 12.0. The quantitative estimate of drug-likeness (QED) is 0.726. The van der Waals surface area contributed by atoms with E-state index < -0.39 is 0 Å². The van der Waals surface area contributed by atoms with Crippen molar-refractivity contribution in [3.05, 3.63) is 0 Å². The number of hydrogen-bond donors (Lipinski definition) is 1. The van der Waals surface area contributed by atoms with E-state index >= 15 is 0 Å². The van der Waals surface area contributed by atoms with Gasteiger partial charge < -0.3 is 14.9 Å². The SMILES string of the molecule is CC(C)N1CCC(N(C)CCO)CC1. The van der Waals surface area contributed by atoms with E-state index in [9.17, 15) is 0 Å². The zero-order valence-electron chi connectivity index (χ0n) is 9.74. The number of likely N-dealkylation sites (N-methyl/N-ethyl adjacent to an activating group) is 1. The maximum absolute atomic E-state index is 8.86. The molecule has 0 spiro atoms. The highest BCUT2D eigenvalue weighted by atomic mass is 16.3. The first-order valence-corrected chi connectivity index (χ1v) is 5.70. The third-order valence-electron chi connectivity index (χ3n) is 3.31. The fourth-order valence-electron chi connectivity index (χ4n) is 2.18. The molecule has 0 aromatic rings. The maximum atomic E-state index is 8.86. The van der Waals surface area contributed by atoms with Gasteiger partial charge in [0.1, 0.15) is 0 Å². The number of aliphatic hydroxyl groups excluding tert-OH is 1. The maximum Gasteiger partial charge on any atom is 0.0558 e. The van der Waals surface area contributed by atoms with E-state index in [2.05, 4.69) is 30.7 Å². The van der Waals surface area contributed by atoms with Crippen LogP contribution in [-0.2, 0) is 0 Å². The van der Waals surface area contributed by atoms with Gasteiger partial charge in [0, 0.05) is 18.6 Å². The minimum absolute atomic E-state index is 0.279. The molecule has 0 aromatic carbocycles. The Balaban J connectivity index is 2.28. The molecule has 3 heteroatoms. The summed E-state index contributed by atoms with van der Waals surface area (Å²) in [5.41, 5.74) is 0. The van der Waals surface area contributed by atoms with Crippen LogP contribution in [0.4, 0.5) is 0 Å². The number of aliphatic hydroxyl groups is 1. The van der Waals surface area contributed by atoms with E-state index in [1.165, 1.54) is 25.9 Å². The molecular weight excluding hydrogens is 176 g/mol. The Morgan fingerprint density at radius 1 is 1.36 bits per heavy atom. The molecule has 0 amide bonds. The van der Waals surface area contributed by atoms with Gasteiger partial charge in [0.05, 0.1) is 6.61 Å². The van der Waals surface area contributed by atoms with Gasteiger partial charge in [0.25, 0.3) is 0 Å². The van der Waals surface area contributed by atoms with Gasteiger partial charge in [-0.25, -0.2) is 0 Å². The van der Waals surface area contributed by atoms with Crippen LogP contribution in [0, 0.1) is 0 Å². The first-order valence-electron chi connectivity index (χ1n) is 5.70. The van der Waals surface area contributed by atoms with Gasteiger partial charge in [0.2, 0.25) is 0 Å². The lowest BCUT2D eigenvalue weighted by molar-refractivity contribution is 0.0956. The number of rotatable bonds is 4. The smallest absolute Gasteiger partial charge is 0.0558 e. The molecule has 1 fully saturated rings. The van der Waals surface area contributed by atoms with Gasteiger partial charge in [-0.2, -0.15) is 0 Å². The summed E-state index contributed by atoms with van der Waals surface area (Å²) in [5.74, 6) is 0. The molecule has 1 saturated heterocycles. The Labute approximate surface area is 87.7 Å². The van der Waals surface area contributed by atoms with Gasteiger partial charge in [-0.05, 0) is 46.8 Å². The van der Waals surface area contributed by atoms with Crippen molar-refractivity contribution < 1.29 is 5.11 Å². The molecule has 0 atom stereocenters. The second kappa shape index (κ2) is 5.69. The number of likely N-dealkylation sites (tertiary alicyclic amines) is 1. The van der Waals surface area contributed by atoms with Crippen LogP contribution in [0.5, 0.6) is 0 Å². The highest BCUT2D eigenvalue weighted by Gasteiger charge is 2.22. The molecule has 3 nitrogen and oxygen atoms in total. The summed E-state index contributed by atoms with van der Waals surface area (Å²) in [5, 5.41) is 8.86. The van der Waals surface area contributed by atoms with Gasteiger partial charge in [0.15, 0.2) is 0 Å². The lowest BCUT2D eigenvalue weighted by Crippen LogP contribution is -2.46. The largest absolute Gasteiger partial charge is 0.395 e. The van der Waals surface area contributed by atoms with E-state index in [0.29, 0.717) is 12.1 Å². The summed E-state index contributed by atoms with van der Waals surface area (Å²) < 4.78 is 0. The van der Waals surface area contributed by atoms with Crippen molar-refractivity contribution in [3.63, 3.8) is 0 Å². The molecule has 1 N–H and O–H groups in total. The van der Waals surface area contributed by atoms with Crippen LogP contribution in [0.3, 0.4) is 0 Å². The highest BCUT2D eigenvalue weighted by molar-refractivity contribution is 4.79. The van der Waals surface area contributed by atoms with Crippen molar-refractivity contribution in [1.29, 1.82) is 0 Å². The van der Waals surface area contributed by atoms with Crippen molar-refractivity contribution in [2.45, 2.75) is 38.8 Å². The molecule has 84 valence electrons. The molecule has 1 aliphatic rings. The number of nitrogens with zero attached hydrogens (tertiary/aromatic N) is 2. The van der Waals surface area contributed by atoms with E-state index in [-0.39, 0.29) is 6.61 Å². The van der Waals surface area contributed by atoms with E-state index in [1.54, 1.807) is 0 Å². The fraction of sp³-hybridized carbons (Fsp3) is 1.00. The van der Waals surface area contributed by atoms with E-state index in [1.807, 2.05) is 0 Å². The molecule has 0 unspecified atom stereocenters. The predicted molar refractivity (Wildman–Crippen MR) is 59.4 cm³/mol. The Kier molecular flexibility index (Phi) is 4.85. The van der Waals surface area contributed by atoms with Crippen molar-refractivity contribution >= 4 is 0 Å². The Hall–Kier alpha value is -0.120. The Bertz CT molecular complexity index is 153. The second-order valence-corrected chi connectivity index (χ2v) is 4.57. The highest BCUT2D eigenvalue weighted by Crippen LogP contribution is 2.16. The molecule has 1 aliphatic heterocycles. The predicted octanol–water partition coefficient (Wildman–Crippen LogP) is 0.783. The summed E-state index contributed by atoms with van der Waals surface area (Å²) in [6.07, 6.45) is 2.49. The second-order valence-electron chi connectivity index (χ2n) is 4.57. The number of hydrogen-bond acceptors (Lipinski definition) is 3. The Morgan fingerprint density at radius 2 is 1.93 bits per heavy atom. The van der Waals surface area contributed by atoms with Gasteiger partial charge in [-0.1, -0.05) is 0 Å². The van der Waals surface area contributed by atoms with E-state index in [0.717, 1.165) is 6.54 Å². The minimum atomic E-state index is 0.279. The zero-order valence-corrected chi connectivity index (χ0v) is 9.74. The van der Waals surface area contributed by atoms with Crippen LogP contribution in [-0.4, -0.2) is 60.3 Å². The summed E-state index contributed by atoms with van der Waals surface area (Å²) in [7, 11) is 2.12. The van der Waals surface area contributed by atoms with Crippen LogP contribution in [0.25, 0.3) is 0 Å². The van der Waals surface area contributed by atoms with Crippen LogP contribution < -0.4 is 0 Å². The number of piperidine rings is 1. The molecule has 14 heavy (non-hydrogen) atoms. The van der Waals surface area contributed by atoms with Crippen LogP contribution in [0.1, 0.15) is 26.7 Å². The molecular formula is C11H24N2O. The van der Waals surface area contributed by atoms with Crippen molar-refractivity contribution in [2.75, 3.05) is 33.3 Å². The summed E-state index contributed by atoms with van der Waals surface area (Å²) in [6, 6.07) is 1.36. The van der Waals surface area contributed by atoms with Crippen LogP contribution in [0.15, 0.2) is 0 Å². The molecule has 0 radical (unpaired) electrons. The van der Waals surface area contributed by atoms with E-state index in [4.69, 9.17) is 5.11 Å². The van der Waals surface area contributed by atoms with Gasteiger partial charge in [-0.3, -0.25) is 0 Å². The first-order chi connectivity index (χ1) is 6.65. The molecule has 1 rings (SSSR count). The zero-order chi connectivity index (χ0) is 10.6.